The van der Waals surface area contributed by atoms with Crippen LogP contribution in [0.1, 0.15) is 51.0 Å². The summed E-state index contributed by atoms with van der Waals surface area (Å²) in [6.45, 7) is 2.24. The van der Waals surface area contributed by atoms with Crippen molar-refractivity contribution < 1.29 is 5.11 Å². The van der Waals surface area contributed by atoms with Gasteiger partial charge >= 0.3 is 0 Å². The Morgan fingerprint density at radius 2 is 1.76 bits per heavy atom. The summed E-state index contributed by atoms with van der Waals surface area (Å²) in [6, 6.07) is 7.54. The third-order valence-corrected chi connectivity index (χ3v) is 2.97. The van der Waals surface area contributed by atoms with E-state index in [0.29, 0.717) is 5.75 Å². The zero-order valence-electron chi connectivity index (χ0n) is 10.9. The van der Waals surface area contributed by atoms with E-state index in [1.807, 2.05) is 18.2 Å². The Balaban J connectivity index is 2.12. The van der Waals surface area contributed by atoms with Crippen molar-refractivity contribution in [2.45, 2.75) is 51.9 Å². The molecule has 0 bridgehead atoms. The van der Waals surface area contributed by atoms with Crippen molar-refractivity contribution >= 4 is 0 Å². The number of aromatic hydroxyl groups is 1. The second-order valence-corrected chi connectivity index (χ2v) is 4.51. The lowest BCUT2D eigenvalue weighted by molar-refractivity contribution is 0.469. The van der Waals surface area contributed by atoms with E-state index in [1.54, 1.807) is 6.07 Å². The minimum Gasteiger partial charge on any atom is -0.508 e. The Kier molecular flexibility index (Phi) is 7.20. The summed E-state index contributed by atoms with van der Waals surface area (Å²) in [6.07, 6.45) is 13.1. The predicted molar refractivity (Wildman–Crippen MR) is 74.3 cm³/mol. The van der Waals surface area contributed by atoms with Crippen molar-refractivity contribution in [2.24, 2.45) is 0 Å². The van der Waals surface area contributed by atoms with Crippen molar-refractivity contribution in [1.29, 1.82) is 0 Å². The average Bonchev–Trinajstić information content (AvgIpc) is 2.35. The number of hydrogen-bond donors (Lipinski definition) is 1. The van der Waals surface area contributed by atoms with Crippen LogP contribution >= 0.6 is 0 Å². The molecule has 94 valence electrons. The summed E-state index contributed by atoms with van der Waals surface area (Å²) in [5.74, 6) is 0.403. The van der Waals surface area contributed by atoms with Crippen LogP contribution in [0.2, 0.25) is 0 Å². The number of hydrogen-bond acceptors (Lipinski definition) is 1. The van der Waals surface area contributed by atoms with E-state index in [1.165, 1.54) is 32.1 Å². The molecule has 1 aromatic carbocycles. The Morgan fingerprint density at radius 3 is 2.53 bits per heavy atom. The maximum Gasteiger partial charge on any atom is 0.119 e. The zero-order chi connectivity index (χ0) is 12.3. The van der Waals surface area contributed by atoms with Crippen LogP contribution in [0.4, 0.5) is 0 Å². The van der Waals surface area contributed by atoms with E-state index in [9.17, 15) is 5.11 Å². The molecule has 0 heterocycles. The highest BCUT2D eigenvalue weighted by molar-refractivity contribution is 5.33. The zero-order valence-corrected chi connectivity index (χ0v) is 10.9. The third-order valence-electron chi connectivity index (χ3n) is 2.97. The van der Waals surface area contributed by atoms with E-state index >= 15 is 0 Å². The Labute approximate surface area is 105 Å². The van der Waals surface area contributed by atoms with Crippen LogP contribution in [0, 0.1) is 0 Å². The van der Waals surface area contributed by atoms with Crippen LogP contribution in [0.5, 0.6) is 5.75 Å². The first-order valence-electron chi connectivity index (χ1n) is 6.76. The largest absolute Gasteiger partial charge is 0.508 e. The molecule has 0 radical (unpaired) electrons. The number of para-hydroxylation sites is 1. The van der Waals surface area contributed by atoms with Crippen LogP contribution in [0.3, 0.4) is 0 Å². The van der Waals surface area contributed by atoms with Gasteiger partial charge in [0.25, 0.3) is 0 Å². The number of phenolic OH excluding ortho intramolecular Hbond substituents is 1. The number of unbranched alkanes of at least 4 members (excludes halogenated alkanes) is 5. The number of rotatable bonds is 8. The Bertz CT molecular complexity index is 328. The quantitative estimate of drug-likeness (QED) is 0.501. The van der Waals surface area contributed by atoms with Gasteiger partial charge in [0.1, 0.15) is 5.75 Å². The number of benzene rings is 1. The summed E-state index contributed by atoms with van der Waals surface area (Å²) < 4.78 is 0. The molecule has 0 aliphatic carbocycles. The summed E-state index contributed by atoms with van der Waals surface area (Å²) in [5.41, 5.74) is 1.01. The number of allylic oxidation sites excluding steroid dienone is 2. The Hall–Kier alpha value is -1.24. The molecule has 0 fully saturated rings. The van der Waals surface area contributed by atoms with Crippen LogP contribution < -0.4 is 0 Å². The van der Waals surface area contributed by atoms with Gasteiger partial charge in [-0.25, -0.2) is 0 Å². The molecule has 1 aromatic rings. The minimum atomic E-state index is 0.403. The molecule has 0 aliphatic heterocycles. The number of phenols is 1. The molecular weight excluding hydrogens is 208 g/mol. The summed E-state index contributed by atoms with van der Waals surface area (Å²) in [7, 11) is 0. The van der Waals surface area contributed by atoms with Crippen LogP contribution in [0.15, 0.2) is 36.4 Å². The highest BCUT2D eigenvalue weighted by atomic mass is 16.3. The van der Waals surface area contributed by atoms with Crippen molar-refractivity contribution in [3.05, 3.63) is 42.0 Å². The summed E-state index contributed by atoms with van der Waals surface area (Å²) in [4.78, 5) is 0. The monoisotopic (exact) mass is 232 g/mol. The molecule has 17 heavy (non-hydrogen) atoms. The first kappa shape index (κ1) is 13.8. The molecule has 1 heteroatoms. The van der Waals surface area contributed by atoms with E-state index in [0.717, 1.165) is 18.4 Å². The molecule has 0 spiro atoms. The molecule has 1 N–H and O–H groups in total. The van der Waals surface area contributed by atoms with Gasteiger partial charge < -0.3 is 5.11 Å². The molecule has 0 aromatic heterocycles. The van der Waals surface area contributed by atoms with Gasteiger partial charge in [0, 0.05) is 0 Å². The summed E-state index contributed by atoms with van der Waals surface area (Å²) in [5, 5.41) is 9.58. The van der Waals surface area contributed by atoms with Crippen molar-refractivity contribution in [1.82, 2.24) is 0 Å². The van der Waals surface area contributed by atoms with Gasteiger partial charge in [-0.15, -0.1) is 0 Å². The highest BCUT2D eigenvalue weighted by Gasteiger charge is 1.95. The van der Waals surface area contributed by atoms with Gasteiger partial charge in [0.05, 0.1) is 0 Å². The fourth-order valence-electron chi connectivity index (χ4n) is 1.88. The summed E-state index contributed by atoms with van der Waals surface area (Å²) >= 11 is 0. The van der Waals surface area contributed by atoms with Gasteiger partial charge in [-0.1, -0.05) is 63.0 Å². The van der Waals surface area contributed by atoms with Gasteiger partial charge in [-0.3, -0.25) is 0 Å². The van der Waals surface area contributed by atoms with Gasteiger partial charge in [0.2, 0.25) is 0 Å². The minimum absolute atomic E-state index is 0.403. The maximum atomic E-state index is 9.58. The SMILES string of the molecule is CCCCCCCC=CCc1ccccc1O. The maximum absolute atomic E-state index is 9.58. The van der Waals surface area contributed by atoms with Crippen molar-refractivity contribution in [3.63, 3.8) is 0 Å². The first-order valence-corrected chi connectivity index (χ1v) is 6.76. The van der Waals surface area contributed by atoms with E-state index in [2.05, 4.69) is 19.1 Å². The smallest absolute Gasteiger partial charge is 0.119 e. The van der Waals surface area contributed by atoms with Crippen molar-refractivity contribution in [3.8, 4) is 5.75 Å². The van der Waals surface area contributed by atoms with E-state index in [-0.39, 0.29) is 0 Å². The lowest BCUT2D eigenvalue weighted by Gasteiger charge is -1.99. The van der Waals surface area contributed by atoms with Gasteiger partial charge in [-0.2, -0.15) is 0 Å². The fraction of sp³-hybridized carbons (Fsp3) is 0.500. The highest BCUT2D eigenvalue weighted by Crippen LogP contribution is 2.16. The lowest BCUT2D eigenvalue weighted by Crippen LogP contribution is -1.81. The van der Waals surface area contributed by atoms with Crippen molar-refractivity contribution in [2.75, 3.05) is 0 Å². The molecule has 1 rings (SSSR count). The first-order chi connectivity index (χ1) is 8.34. The molecule has 0 saturated carbocycles. The average molecular weight is 232 g/mol. The van der Waals surface area contributed by atoms with E-state index in [4.69, 9.17) is 0 Å². The molecular formula is C16H24O. The second-order valence-electron chi connectivity index (χ2n) is 4.51. The molecule has 0 aliphatic rings. The predicted octanol–water partition coefficient (Wildman–Crippen LogP) is 4.85. The standard InChI is InChI=1S/C16H24O/c1-2-3-4-5-6-7-8-9-12-15-13-10-11-14-16(15)17/h8-11,13-14,17H,2-7,12H2,1H3. The molecule has 0 unspecified atom stereocenters. The topological polar surface area (TPSA) is 20.2 Å². The lowest BCUT2D eigenvalue weighted by atomic mass is 10.1. The Morgan fingerprint density at radius 1 is 1.00 bits per heavy atom. The fourth-order valence-corrected chi connectivity index (χ4v) is 1.88. The van der Waals surface area contributed by atoms with Crippen LogP contribution in [-0.2, 0) is 6.42 Å². The van der Waals surface area contributed by atoms with Crippen LogP contribution in [-0.4, -0.2) is 5.11 Å². The second kappa shape index (κ2) is 8.86. The molecule has 1 nitrogen and oxygen atoms in total. The molecule has 0 atom stereocenters. The van der Waals surface area contributed by atoms with Gasteiger partial charge in [0.15, 0.2) is 0 Å². The van der Waals surface area contributed by atoms with E-state index < -0.39 is 0 Å². The van der Waals surface area contributed by atoms with Gasteiger partial charge in [-0.05, 0) is 30.9 Å². The third kappa shape index (κ3) is 6.15. The molecule has 0 saturated heterocycles. The van der Waals surface area contributed by atoms with Crippen LogP contribution in [0.25, 0.3) is 0 Å². The normalized spacial score (nSPS) is 11.1. The molecule has 0 amide bonds.